The molecule has 0 fully saturated rings. The highest BCUT2D eigenvalue weighted by molar-refractivity contribution is 9.10. The zero-order valence-corrected chi connectivity index (χ0v) is 11.9. The van der Waals surface area contributed by atoms with Gasteiger partial charge in [-0.25, -0.2) is 0 Å². The van der Waals surface area contributed by atoms with E-state index < -0.39 is 0 Å². The minimum absolute atomic E-state index is 0.764. The molecular formula is C13H16BrN3. The Kier molecular flexibility index (Phi) is 3.64. The van der Waals surface area contributed by atoms with Crippen LogP contribution in [0.1, 0.15) is 11.3 Å². The van der Waals surface area contributed by atoms with Crippen molar-refractivity contribution in [3.8, 4) is 11.3 Å². The van der Waals surface area contributed by atoms with Crippen LogP contribution in [0, 0.1) is 6.92 Å². The summed E-state index contributed by atoms with van der Waals surface area (Å²) in [5, 5.41) is 7.63. The van der Waals surface area contributed by atoms with Gasteiger partial charge in [-0.1, -0.05) is 29.8 Å². The SMILES string of the molecule is CNCc1nn(C)c(-c2ccc(C)cc2)c1Br. The van der Waals surface area contributed by atoms with Gasteiger partial charge in [0.2, 0.25) is 0 Å². The highest BCUT2D eigenvalue weighted by Crippen LogP contribution is 2.30. The zero-order chi connectivity index (χ0) is 12.4. The van der Waals surface area contributed by atoms with Crippen LogP contribution in [0.3, 0.4) is 0 Å². The number of halogens is 1. The lowest BCUT2D eigenvalue weighted by atomic mass is 10.1. The summed E-state index contributed by atoms with van der Waals surface area (Å²) in [7, 11) is 3.89. The average Bonchev–Trinajstić information content (AvgIpc) is 2.57. The second kappa shape index (κ2) is 5.02. The van der Waals surface area contributed by atoms with Gasteiger partial charge in [0.1, 0.15) is 0 Å². The molecule has 0 unspecified atom stereocenters. The summed E-state index contributed by atoms with van der Waals surface area (Å²) >= 11 is 3.63. The Balaban J connectivity index is 2.48. The predicted octanol–water partition coefficient (Wildman–Crippen LogP) is 2.88. The average molecular weight is 294 g/mol. The molecule has 1 heterocycles. The molecule has 0 saturated carbocycles. The second-order valence-corrected chi connectivity index (χ2v) is 4.92. The molecule has 0 saturated heterocycles. The van der Waals surface area contributed by atoms with Crippen molar-refractivity contribution >= 4 is 15.9 Å². The van der Waals surface area contributed by atoms with E-state index in [1.165, 1.54) is 11.1 Å². The quantitative estimate of drug-likeness (QED) is 0.943. The standard InChI is InChI=1S/C13H16BrN3/c1-9-4-6-10(7-5-9)13-12(14)11(8-15-2)16-17(13)3/h4-7,15H,8H2,1-3H3. The van der Waals surface area contributed by atoms with Crippen LogP contribution in [0.4, 0.5) is 0 Å². The third-order valence-electron chi connectivity index (χ3n) is 2.72. The molecule has 90 valence electrons. The van der Waals surface area contributed by atoms with Crippen LogP contribution < -0.4 is 5.32 Å². The Morgan fingerprint density at radius 3 is 2.53 bits per heavy atom. The number of aryl methyl sites for hydroxylation is 2. The molecule has 0 bridgehead atoms. The molecule has 1 aromatic heterocycles. The van der Waals surface area contributed by atoms with Crippen molar-refractivity contribution in [3.05, 3.63) is 40.0 Å². The van der Waals surface area contributed by atoms with Gasteiger partial charge in [-0.3, -0.25) is 4.68 Å². The molecule has 0 atom stereocenters. The maximum Gasteiger partial charge on any atom is 0.0910 e. The summed E-state index contributed by atoms with van der Waals surface area (Å²) in [4.78, 5) is 0. The summed E-state index contributed by atoms with van der Waals surface area (Å²) in [6.45, 7) is 2.86. The Labute approximate surface area is 110 Å². The van der Waals surface area contributed by atoms with Gasteiger partial charge in [-0.15, -0.1) is 0 Å². The van der Waals surface area contributed by atoms with Gasteiger partial charge in [0.15, 0.2) is 0 Å². The van der Waals surface area contributed by atoms with Crippen molar-refractivity contribution in [2.45, 2.75) is 13.5 Å². The first-order valence-corrected chi connectivity index (χ1v) is 6.35. The van der Waals surface area contributed by atoms with Crippen LogP contribution in [0.5, 0.6) is 0 Å². The molecule has 0 amide bonds. The third kappa shape index (κ3) is 2.42. The highest BCUT2D eigenvalue weighted by atomic mass is 79.9. The van der Waals surface area contributed by atoms with Crippen LogP contribution in [0.25, 0.3) is 11.3 Å². The van der Waals surface area contributed by atoms with E-state index >= 15 is 0 Å². The first-order chi connectivity index (χ1) is 8.13. The number of hydrogen-bond donors (Lipinski definition) is 1. The Hall–Kier alpha value is -1.13. The highest BCUT2D eigenvalue weighted by Gasteiger charge is 2.14. The Morgan fingerprint density at radius 1 is 1.29 bits per heavy atom. The fourth-order valence-corrected chi connectivity index (χ4v) is 2.56. The fraction of sp³-hybridized carbons (Fsp3) is 0.308. The largest absolute Gasteiger partial charge is 0.314 e. The Morgan fingerprint density at radius 2 is 1.94 bits per heavy atom. The maximum absolute atomic E-state index is 4.51. The van der Waals surface area contributed by atoms with E-state index in [0.717, 1.165) is 22.4 Å². The summed E-state index contributed by atoms with van der Waals surface area (Å²) in [6, 6.07) is 8.49. The minimum atomic E-state index is 0.764. The molecule has 17 heavy (non-hydrogen) atoms. The molecule has 0 radical (unpaired) electrons. The normalized spacial score (nSPS) is 10.8. The first kappa shape index (κ1) is 12.3. The molecule has 0 aliphatic rings. The van der Waals surface area contributed by atoms with Crippen molar-refractivity contribution < 1.29 is 0 Å². The van der Waals surface area contributed by atoms with Gasteiger partial charge < -0.3 is 5.32 Å². The topological polar surface area (TPSA) is 29.9 Å². The molecule has 2 aromatic rings. The van der Waals surface area contributed by atoms with Gasteiger partial charge >= 0.3 is 0 Å². The molecule has 2 rings (SSSR count). The van der Waals surface area contributed by atoms with E-state index in [1.54, 1.807) is 0 Å². The van der Waals surface area contributed by atoms with Crippen molar-refractivity contribution in [1.82, 2.24) is 15.1 Å². The van der Waals surface area contributed by atoms with Crippen LogP contribution in [0.15, 0.2) is 28.7 Å². The van der Waals surface area contributed by atoms with E-state index in [4.69, 9.17) is 0 Å². The first-order valence-electron chi connectivity index (χ1n) is 5.56. The third-order valence-corrected chi connectivity index (χ3v) is 3.56. The van der Waals surface area contributed by atoms with Gasteiger partial charge in [0, 0.05) is 19.2 Å². The van der Waals surface area contributed by atoms with E-state index in [2.05, 4.69) is 57.5 Å². The molecule has 3 nitrogen and oxygen atoms in total. The van der Waals surface area contributed by atoms with E-state index in [-0.39, 0.29) is 0 Å². The second-order valence-electron chi connectivity index (χ2n) is 4.13. The lowest BCUT2D eigenvalue weighted by Crippen LogP contribution is -2.06. The smallest absolute Gasteiger partial charge is 0.0910 e. The fourth-order valence-electron chi connectivity index (χ4n) is 1.86. The summed E-state index contributed by atoms with van der Waals surface area (Å²) in [6.07, 6.45) is 0. The monoisotopic (exact) mass is 293 g/mol. The molecule has 4 heteroatoms. The predicted molar refractivity (Wildman–Crippen MR) is 73.8 cm³/mol. The maximum atomic E-state index is 4.51. The number of nitrogens with one attached hydrogen (secondary N) is 1. The number of benzene rings is 1. The van der Waals surface area contributed by atoms with Crippen LogP contribution in [-0.4, -0.2) is 16.8 Å². The number of hydrogen-bond acceptors (Lipinski definition) is 2. The van der Waals surface area contributed by atoms with Gasteiger partial charge in [-0.2, -0.15) is 5.10 Å². The molecule has 1 N–H and O–H groups in total. The van der Waals surface area contributed by atoms with Crippen LogP contribution in [0.2, 0.25) is 0 Å². The van der Waals surface area contributed by atoms with Crippen molar-refractivity contribution in [2.75, 3.05) is 7.05 Å². The molecule has 0 spiro atoms. The van der Waals surface area contributed by atoms with Crippen molar-refractivity contribution in [3.63, 3.8) is 0 Å². The minimum Gasteiger partial charge on any atom is -0.314 e. The number of aromatic nitrogens is 2. The van der Waals surface area contributed by atoms with Gasteiger partial charge in [0.25, 0.3) is 0 Å². The van der Waals surface area contributed by atoms with E-state index in [1.807, 2.05) is 18.8 Å². The molecule has 0 aliphatic heterocycles. The molecule has 0 aliphatic carbocycles. The molecular weight excluding hydrogens is 278 g/mol. The number of rotatable bonds is 3. The lowest BCUT2D eigenvalue weighted by Gasteiger charge is -2.03. The van der Waals surface area contributed by atoms with E-state index in [0.29, 0.717) is 0 Å². The van der Waals surface area contributed by atoms with E-state index in [9.17, 15) is 0 Å². The lowest BCUT2D eigenvalue weighted by molar-refractivity contribution is 0.715. The Bertz CT molecular complexity index is 514. The zero-order valence-electron chi connectivity index (χ0n) is 10.3. The van der Waals surface area contributed by atoms with Crippen molar-refractivity contribution in [1.29, 1.82) is 0 Å². The molecule has 1 aromatic carbocycles. The number of nitrogens with zero attached hydrogens (tertiary/aromatic N) is 2. The van der Waals surface area contributed by atoms with Crippen LogP contribution in [-0.2, 0) is 13.6 Å². The summed E-state index contributed by atoms with van der Waals surface area (Å²) in [5.74, 6) is 0. The van der Waals surface area contributed by atoms with Gasteiger partial charge in [0.05, 0.1) is 15.9 Å². The summed E-state index contributed by atoms with van der Waals surface area (Å²) in [5.41, 5.74) is 4.60. The van der Waals surface area contributed by atoms with Crippen molar-refractivity contribution in [2.24, 2.45) is 7.05 Å². The van der Waals surface area contributed by atoms with Crippen LogP contribution >= 0.6 is 15.9 Å². The van der Waals surface area contributed by atoms with Gasteiger partial charge in [-0.05, 0) is 29.9 Å². The summed E-state index contributed by atoms with van der Waals surface area (Å²) < 4.78 is 2.99.